The van der Waals surface area contributed by atoms with Crippen molar-refractivity contribution in [3.8, 4) is 23.1 Å². The first-order valence-corrected chi connectivity index (χ1v) is 13.1. The van der Waals surface area contributed by atoms with E-state index in [2.05, 4.69) is 41.2 Å². The van der Waals surface area contributed by atoms with Gasteiger partial charge in [0.05, 0.1) is 24.3 Å². The quantitative estimate of drug-likeness (QED) is 0.527. The normalized spacial score (nSPS) is 22.5. The van der Waals surface area contributed by atoms with E-state index in [0.29, 0.717) is 23.7 Å². The van der Waals surface area contributed by atoms with E-state index in [-0.39, 0.29) is 17.4 Å². The summed E-state index contributed by atoms with van der Waals surface area (Å²) in [5.74, 6) is 5.50. The van der Waals surface area contributed by atoms with Gasteiger partial charge >= 0.3 is 0 Å². The molecule has 2 amide bonds. The highest BCUT2D eigenvalue weighted by Gasteiger charge is 2.50. The van der Waals surface area contributed by atoms with Gasteiger partial charge in [-0.15, -0.1) is 0 Å². The molecule has 8 nitrogen and oxygen atoms in total. The second kappa shape index (κ2) is 8.91. The van der Waals surface area contributed by atoms with E-state index < -0.39 is 5.91 Å². The van der Waals surface area contributed by atoms with Crippen molar-refractivity contribution in [3.63, 3.8) is 0 Å². The zero-order valence-corrected chi connectivity index (χ0v) is 21.4. The van der Waals surface area contributed by atoms with Crippen LogP contribution in [0.15, 0.2) is 36.7 Å². The zero-order valence-electron chi connectivity index (χ0n) is 21.4. The standard InChI is InChI=1S/C29H32N6O2/c1-3-5-25(36)33-11-10-29(18-33)13-24(14-29)35-19(2)26(28(30)37)27(32-35)23-15-31-34(17-23)16-20-6-4-7-22(12-20)21-8-9-21/h4,6-7,12,15,17,21,24H,8-11,13-14,16,18H2,1-2H3,(H2,30,37)/t24-,29-. The molecule has 2 N–H and O–H groups in total. The Morgan fingerprint density at radius 3 is 2.78 bits per heavy atom. The summed E-state index contributed by atoms with van der Waals surface area (Å²) in [4.78, 5) is 26.5. The van der Waals surface area contributed by atoms with Crippen LogP contribution >= 0.6 is 0 Å². The summed E-state index contributed by atoms with van der Waals surface area (Å²) in [6.45, 7) is 5.75. The lowest BCUT2D eigenvalue weighted by Gasteiger charge is -2.45. The molecule has 0 radical (unpaired) electrons. The van der Waals surface area contributed by atoms with E-state index >= 15 is 0 Å². The molecule has 6 rings (SSSR count). The van der Waals surface area contributed by atoms with Crippen molar-refractivity contribution in [1.29, 1.82) is 0 Å². The second-order valence-corrected chi connectivity index (χ2v) is 11.0. The number of rotatable bonds is 6. The van der Waals surface area contributed by atoms with Crippen molar-refractivity contribution < 1.29 is 9.59 Å². The van der Waals surface area contributed by atoms with Gasteiger partial charge in [0.2, 0.25) is 0 Å². The molecule has 0 unspecified atom stereocenters. The summed E-state index contributed by atoms with van der Waals surface area (Å²) in [6, 6.07) is 8.89. The third kappa shape index (κ3) is 4.33. The Hall–Kier alpha value is -3.86. The number of nitrogens with zero attached hydrogens (tertiary/aromatic N) is 5. The van der Waals surface area contributed by atoms with E-state index in [1.807, 2.05) is 27.4 Å². The molecule has 1 aliphatic heterocycles. The number of benzene rings is 1. The lowest BCUT2D eigenvalue weighted by Crippen LogP contribution is -2.42. The highest BCUT2D eigenvalue weighted by Crippen LogP contribution is 2.54. The average Bonchev–Trinajstić information content (AvgIpc) is 3.27. The van der Waals surface area contributed by atoms with Crippen molar-refractivity contribution in [3.05, 3.63) is 59.0 Å². The summed E-state index contributed by atoms with van der Waals surface area (Å²) < 4.78 is 3.86. The Morgan fingerprint density at radius 1 is 1.24 bits per heavy atom. The molecule has 8 heteroatoms. The molecule has 1 spiro atoms. The largest absolute Gasteiger partial charge is 0.365 e. The molecular weight excluding hydrogens is 464 g/mol. The summed E-state index contributed by atoms with van der Waals surface area (Å²) in [7, 11) is 0. The first-order valence-electron chi connectivity index (χ1n) is 13.1. The molecule has 37 heavy (non-hydrogen) atoms. The monoisotopic (exact) mass is 496 g/mol. The van der Waals surface area contributed by atoms with Crippen LogP contribution in [-0.4, -0.2) is 49.4 Å². The minimum atomic E-state index is -0.478. The van der Waals surface area contributed by atoms with E-state index in [1.54, 1.807) is 13.1 Å². The Balaban J connectivity index is 1.20. The molecule has 2 aliphatic carbocycles. The zero-order chi connectivity index (χ0) is 25.7. The van der Waals surface area contributed by atoms with Gasteiger partial charge in [-0.25, -0.2) is 0 Å². The fraction of sp³-hybridized carbons (Fsp3) is 0.448. The molecular formula is C29H32N6O2. The number of aromatic nitrogens is 4. The first-order chi connectivity index (χ1) is 17.9. The van der Waals surface area contributed by atoms with E-state index in [1.165, 1.54) is 24.0 Å². The van der Waals surface area contributed by atoms with Crippen molar-refractivity contribution in [1.82, 2.24) is 24.5 Å². The van der Waals surface area contributed by atoms with Crippen LogP contribution in [0, 0.1) is 24.2 Å². The lowest BCUT2D eigenvalue weighted by atomic mass is 9.65. The molecule has 2 aromatic heterocycles. The van der Waals surface area contributed by atoms with Crippen LogP contribution in [0.25, 0.3) is 11.3 Å². The smallest absolute Gasteiger partial charge is 0.298 e. The number of hydrogen-bond acceptors (Lipinski definition) is 4. The van der Waals surface area contributed by atoms with E-state index in [0.717, 1.165) is 43.6 Å². The Morgan fingerprint density at radius 2 is 2.05 bits per heavy atom. The topological polar surface area (TPSA) is 99.0 Å². The third-order valence-electron chi connectivity index (χ3n) is 8.29. The van der Waals surface area contributed by atoms with Crippen molar-refractivity contribution in [2.75, 3.05) is 13.1 Å². The minimum absolute atomic E-state index is 0.0901. The van der Waals surface area contributed by atoms with Crippen LogP contribution in [0.3, 0.4) is 0 Å². The minimum Gasteiger partial charge on any atom is -0.365 e. The maximum atomic E-state index is 12.5. The maximum absolute atomic E-state index is 12.5. The van der Waals surface area contributed by atoms with Crippen LogP contribution in [0.5, 0.6) is 0 Å². The number of nitrogens with two attached hydrogens (primary N) is 1. The fourth-order valence-electron chi connectivity index (χ4n) is 6.23. The summed E-state index contributed by atoms with van der Waals surface area (Å²) in [5.41, 5.74) is 11.2. The van der Waals surface area contributed by atoms with Crippen LogP contribution in [0.2, 0.25) is 0 Å². The summed E-state index contributed by atoms with van der Waals surface area (Å²) in [6.07, 6.45) is 9.09. The highest BCUT2D eigenvalue weighted by atomic mass is 16.2. The summed E-state index contributed by atoms with van der Waals surface area (Å²) in [5, 5.41) is 9.45. The van der Waals surface area contributed by atoms with Crippen LogP contribution in [0.1, 0.15) is 78.2 Å². The van der Waals surface area contributed by atoms with Crippen LogP contribution in [-0.2, 0) is 11.3 Å². The SMILES string of the molecule is CC#CC(=O)N1CC[C@]2(C1)C[C@H](n1nc(-c3cnn(Cc4cccc(C5CC5)c4)c3)c(C(N)=O)c1C)C2. The Labute approximate surface area is 216 Å². The van der Waals surface area contributed by atoms with Gasteiger partial charge in [0.1, 0.15) is 5.69 Å². The van der Waals surface area contributed by atoms with Gasteiger partial charge in [-0.3, -0.25) is 19.0 Å². The molecule has 190 valence electrons. The molecule has 0 bridgehead atoms. The molecule has 3 fully saturated rings. The van der Waals surface area contributed by atoms with E-state index in [4.69, 9.17) is 10.8 Å². The first kappa shape index (κ1) is 23.5. The lowest BCUT2D eigenvalue weighted by molar-refractivity contribution is -0.125. The maximum Gasteiger partial charge on any atom is 0.298 e. The van der Waals surface area contributed by atoms with Crippen molar-refractivity contribution >= 4 is 11.8 Å². The van der Waals surface area contributed by atoms with Gasteiger partial charge in [-0.05, 0) is 74.3 Å². The molecule has 3 aliphatic rings. The fourth-order valence-corrected chi connectivity index (χ4v) is 6.23. The summed E-state index contributed by atoms with van der Waals surface area (Å²) >= 11 is 0. The van der Waals surface area contributed by atoms with Gasteiger partial charge in [-0.1, -0.05) is 30.2 Å². The third-order valence-corrected chi connectivity index (χ3v) is 8.29. The molecule has 1 saturated heterocycles. The number of amides is 2. The Bertz CT molecular complexity index is 1440. The number of primary amides is 1. The van der Waals surface area contributed by atoms with Crippen molar-refractivity contribution in [2.24, 2.45) is 11.1 Å². The molecule has 3 aromatic rings. The Kier molecular flexibility index (Phi) is 5.67. The second-order valence-electron chi connectivity index (χ2n) is 11.0. The van der Waals surface area contributed by atoms with Gasteiger partial charge in [0.25, 0.3) is 11.8 Å². The van der Waals surface area contributed by atoms with Gasteiger partial charge in [-0.2, -0.15) is 10.2 Å². The van der Waals surface area contributed by atoms with E-state index in [9.17, 15) is 9.59 Å². The number of hydrogen-bond donors (Lipinski definition) is 1. The predicted molar refractivity (Wildman–Crippen MR) is 140 cm³/mol. The molecule has 3 heterocycles. The predicted octanol–water partition coefficient (Wildman–Crippen LogP) is 3.66. The number of carbonyl (C=O) groups excluding carboxylic acids is 2. The average molecular weight is 497 g/mol. The van der Waals surface area contributed by atoms with Crippen LogP contribution < -0.4 is 5.73 Å². The van der Waals surface area contributed by atoms with Crippen LogP contribution in [0.4, 0.5) is 0 Å². The van der Waals surface area contributed by atoms with Gasteiger partial charge in [0.15, 0.2) is 0 Å². The van der Waals surface area contributed by atoms with Crippen molar-refractivity contribution in [2.45, 2.75) is 64.5 Å². The molecule has 1 aromatic carbocycles. The molecule has 2 saturated carbocycles. The number of carbonyl (C=O) groups is 2. The van der Waals surface area contributed by atoms with Gasteiger partial charge in [0, 0.05) is 30.5 Å². The molecule has 0 atom stereocenters. The number of likely N-dealkylation sites (tertiary alicyclic amines) is 1. The highest BCUT2D eigenvalue weighted by molar-refractivity contribution is 6.00. The van der Waals surface area contributed by atoms with Gasteiger partial charge < -0.3 is 10.6 Å².